The number of thiol groups is 1. The molecule has 1 heterocycles. The lowest BCUT2D eigenvalue weighted by atomic mass is 9.95. The van der Waals surface area contributed by atoms with E-state index in [2.05, 4.69) is 27.7 Å². The zero-order valence-electron chi connectivity index (χ0n) is 24.1. The van der Waals surface area contributed by atoms with E-state index in [-0.39, 0.29) is 6.09 Å². The second-order valence-corrected chi connectivity index (χ2v) is 12.7. The molecule has 1 aliphatic carbocycles. The largest absolute Gasteiger partial charge is 0.444 e. The second kappa shape index (κ2) is 14.1. The van der Waals surface area contributed by atoms with Crippen molar-refractivity contribution < 1.29 is 17.9 Å². The average Bonchev–Trinajstić information content (AvgIpc) is 2.93. The summed E-state index contributed by atoms with van der Waals surface area (Å²) in [7, 11) is -2.82. The molecule has 1 saturated carbocycles. The first kappa shape index (κ1) is 30.0. The normalized spacial score (nSPS) is 17.1. The standard InChI is InChI=1S/C30H45N5O4S/c1-30(2,3)39-29(36)34-19-16-33(17-20-34)18-21-35(40(37)38)26-14-15-27(32-25-12-8-5-9-13-25)28(22-26)31-23-24-10-6-4-7-11-24/h4,6-7,10-11,14-15,22,25,31-32,40H,5,8-9,12-13,16-21,23H2,1-3H3. The molecule has 4 rings (SSSR count). The number of piperazine rings is 1. The molecule has 2 N–H and O–H groups in total. The van der Waals surface area contributed by atoms with Gasteiger partial charge in [0, 0.05) is 51.9 Å². The van der Waals surface area contributed by atoms with Gasteiger partial charge in [0.1, 0.15) is 5.60 Å². The van der Waals surface area contributed by atoms with Crippen LogP contribution >= 0.6 is 0 Å². The molecule has 9 nitrogen and oxygen atoms in total. The molecule has 0 unspecified atom stereocenters. The predicted molar refractivity (Wildman–Crippen MR) is 163 cm³/mol. The van der Waals surface area contributed by atoms with Crippen LogP contribution in [0.2, 0.25) is 0 Å². The highest BCUT2D eigenvalue weighted by molar-refractivity contribution is 7.74. The van der Waals surface area contributed by atoms with E-state index in [4.69, 9.17) is 4.74 Å². The maximum absolute atomic E-state index is 12.4. The molecule has 0 spiro atoms. The maximum Gasteiger partial charge on any atom is 0.410 e. The van der Waals surface area contributed by atoms with Crippen molar-refractivity contribution in [2.24, 2.45) is 0 Å². The Morgan fingerprint density at radius 2 is 1.68 bits per heavy atom. The number of hydrogen-bond donors (Lipinski definition) is 3. The molecular formula is C30H45N5O4S. The predicted octanol–water partition coefficient (Wildman–Crippen LogP) is 4.93. The van der Waals surface area contributed by atoms with Gasteiger partial charge >= 0.3 is 6.09 Å². The molecule has 1 saturated heterocycles. The van der Waals surface area contributed by atoms with Crippen LogP contribution in [-0.4, -0.2) is 75.2 Å². The van der Waals surface area contributed by atoms with Gasteiger partial charge in [-0.2, -0.15) is 0 Å². The highest BCUT2D eigenvalue weighted by Gasteiger charge is 2.26. The highest BCUT2D eigenvalue weighted by atomic mass is 32.2. The molecule has 0 radical (unpaired) electrons. The third-order valence-corrected chi connectivity index (χ3v) is 8.27. The van der Waals surface area contributed by atoms with Gasteiger partial charge in [0.05, 0.1) is 17.1 Å². The van der Waals surface area contributed by atoms with Gasteiger partial charge in [-0.25, -0.2) is 13.2 Å². The number of hydrogen-bond acceptors (Lipinski definition) is 7. The van der Waals surface area contributed by atoms with Crippen LogP contribution in [0.5, 0.6) is 0 Å². The third kappa shape index (κ3) is 9.02. The molecule has 0 aromatic heterocycles. The van der Waals surface area contributed by atoms with E-state index < -0.39 is 16.5 Å². The highest BCUT2D eigenvalue weighted by Crippen LogP contribution is 2.31. The lowest BCUT2D eigenvalue weighted by molar-refractivity contribution is 0.0148. The molecule has 0 atom stereocenters. The maximum atomic E-state index is 12.4. The minimum absolute atomic E-state index is 0.297. The first-order valence-electron chi connectivity index (χ1n) is 14.5. The van der Waals surface area contributed by atoms with Crippen molar-refractivity contribution in [3.05, 3.63) is 54.1 Å². The van der Waals surface area contributed by atoms with Crippen LogP contribution in [0.25, 0.3) is 0 Å². The van der Waals surface area contributed by atoms with Crippen LogP contribution < -0.4 is 14.9 Å². The minimum atomic E-state index is -2.82. The fourth-order valence-corrected chi connectivity index (χ4v) is 5.81. The summed E-state index contributed by atoms with van der Waals surface area (Å²) < 4.78 is 31.7. The zero-order valence-corrected chi connectivity index (χ0v) is 25.0. The lowest BCUT2D eigenvalue weighted by Crippen LogP contribution is -2.51. The van der Waals surface area contributed by atoms with Crippen LogP contribution in [0.4, 0.5) is 21.9 Å². The zero-order chi connectivity index (χ0) is 28.5. The first-order chi connectivity index (χ1) is 19.2. The molecule has 220 valence electrons. The summed E-state index contributed by atoms with van der Waals surface area (Å²) in [5.74, 6) is 0. The van der Waals surface area contributed by atoms with Crippen molar-refractivity contribution in [3.8, 4) is 0 Å². The summed E-state index contributed by atoms with van der Waals surface area (Å²) in [4.78, 5) is 16.3. The Morgan fingerprint density at radius 1 is 0.975 bits per heavy atom. The van der Waals surface area contributed by atoms with Gasteiger partial charge in [0.25, 0.3) is 0 Å². The van der Waals surface area contributed by atoms with Gasteiger partial charge in [-0.05, 0) is 57.4 Å². The van der Waals surface area contributed by atoms with Crippen LogP contribution in [0.15, 0.2) is 48.5 Å². The third-order valence-electron chi connectivity index (χ3n) is 7.44. The quantitative estimate of drug-likeness (QED) is 0.348. The van der Waals surface area contributed by atoms with Gasteiger partial charge in [-0.3, -0.25) is 9.21 Å². The van der Waals surface area contributed by atoms with E-state index in [0.29, 0.717) is 57.5 Å². The number of rotatable bonds is 10. The van der Waals surface area contributed by atoms with Crippen molar-refractivity contribution in [3.63, 3.8) is 0 Å². The van der Waals surface area contributed by atoms with Crippen molar-refractivity contribution in [2.45, 2.75) is 71.1 Å². The molecule has 2 aromatic rings. The van der Waals surface area contributed by atoms with E-state index in [9.17, 15) is 13.2 Å². The van der Waals surface area contributed by atoms with E-state index >= 15 is 0 Å². The smallest absolute Gasteiger partial charge is 0.410 e. The van der Waals surface area contributed by atoms with Crippen molar-refractivity contribution in [1.82, 2.24) is 9.80 Å². The molecular weight excluding hydrogens is 526 g/mol. The van der Waals surface area contributed by atoms with Gasteiger partial charge in [-0.15, -0.1) is 0 Å². The molecule has 2 aliphatic rings. The number of nitrogens with one attached hydrogen (secondary N) is 2. The monoisotopic (exact) mass is 571 g/mol. The Morgan fingerprint density at radius 3 is 2.33 bits per heavy atom. The molecule has 2 fully saturated rings. The molecule has 10 heteroatoms. The van der Waals surface area contributed by atoms with Crippen molar-refractivity contribution in [2.75, 3.05) is 54.2 Å². The Balaban J connectivity index is 1.41. The minimum Gasteiger partial charge on any atom is -0.444 e. The number of carbonyl (C=O) groups is 1. The molecule has 1 amide bonds. The van der Waals surface area contributed by atoms with Crippen molar-refractivity contribution >= 4 is 34.0 Å². The number of carbonyl (C=O) groups excluding carboxylic acids is 1. The Kier molecular flexibility index (Phi) is 10.6. The summed E-state index contributed by atoms with van der Waals surface area (Å²) >= 11 is 0. The van der Waals surface area contributed by atoms with Crippen LogP contribution in [0.3, 0.4) is 0 Å². The van der Waals surface area contributed by atoms with Gasteiger partial charge in [0.15, 0.2) is 0 Å². The number of ether oxygens (including phenoxy) is 1. The van der Waals surface area contributed by atoms with Gasteiger partial charge in [0.2, 0.25) is 10.9 Å². The van der Waals surface area contributed by atoms with E-state index in [1.165, 1.54) is 23.6 Å². The molecule has 1 aliphatic heterocycles. The van der Waals surface area contributed by atoms with Gasteiger partial charge < -0.3 is 20.3 Å². The van der Waals surface area contributed by atoms with E-state index in [1.54, 1.807) is 4.90 Å². The van der Waals surface area contributed by atoms with E-state index in [0.717, 1.165) is 29.8 Å². The van der Waals surface area contributed by atoms with Crippen LogP contribution in [0.1, 0.15) is 58.4 Å². The molecule has 2 aromatic carbocycles. The Hall–Kier alpha value is -2.98. The number of nitrogens with zero attached hydrogens (tertiary/aromatic N) is 3. The number of amides is 1. The van der Waals surface area contributed by atoms with Crippen LogP contribution in [0, 0.1) is 0 Å². The number of benzene rings is 2. The fourth-order valence-electron chi connectivity index (χ4n) is 5.25. The van der Waals surface area contributed by atoms with Gasteiger partial charge in [-0.1, -0.05) is 49.6 Å². The topological polar surface area (TPSA) is 94.2 Å². The lowest BCUT2D eigenvalue weighted by Gasteiger charge is -2.36. The molecule has 0 bridgehead atoms. The second-order valence-electron chi connectivity index (χ2n) is 11.7. The fraction of sp³-hybridized carbons (Fsp3) is 0.567. The summed E-state index contributed by atoms with van der Waals surface area (Å²) in [6.07, 6.45) is 5.77. The molecule has 40 heavy (non-hydrogen) atoms. The van der Waals surface area contributed by atoms with E-state index in [1.807, 2.05) is 57.2 Å². The summed E-state index contributed by atoms with van der Waals surface area (Å²) in [5.41, 5.74) is 3.19. The number of anilines is 3. The summed E-state index contributed by atoms with van der Waals surface area (Å²) in [5, 5.41) is 7.25. The SMILES string of the molecule is CC(C)(C)OC(=O)N1CCN(CCN(c2ccc(NC3CCCCC3)c(NCc3ccccc3)c2)[SH](=O)=O)CC1. The van der Waals surface area contributed by atoms with Crippen LogP contribution in [-0.2, 0) is 22.2 Å². The van der Waals surface area contributed by atoms with Crippen molar-refractivity contribution in [1.29, 1.82) is 0 Å². The summed E-state index contributed by atoms with van der Waals surface area (Å²) in [6, 6.07) is 16.5. The Labute approximate surface area is 240 Å². The summed E-state index contributed by atoms with van der Waals surface area (Å²) in [6.45, 7) is 9.64. The Bertz CT molecular complexity index is 1160. The average molecular weight is 572 g/mol. The first-order valence-corrected chi connectivity index (χ1v) is 15.6.